The summed E-state index contributed by atoms with van der Waals surface area (Å²) in [5, 5.41) is 11.9. The average molecular weight is 362 g/mol. The fourth-order valence-corrected chi connectivity index (χ4v) is 5.71. The lowest BCUT2D eigenvalue weighted by Crippen LogP contribution is -2.45. The normalized spacial score (nSPS) is 25.4. The van der Waals surface area contributed by atoms with Crippen LogP contribution in [0.5, 0.6) is 0 Å². The van der Waals surface area contributed by atoms with E-state index in [0.29, 0.717) is 5.25 Å². The van der Waals surface area contributed by atoms with Crippen LogP contribution in [0.1, 0.15) is 57.4 Å². The molecule has 3 rings (SSSR count). The lowest BCUT2D eigenvalue weighted by atomic mass is 9.74. The fraction of sp³-hybridized carbons (Fsp3) is 0.667. The minimum absolute atomic E-state index is 0.0337. The lowest BCUT2D eigenvalue weighted by Gasteiger charge is -2.39. The molecule has 1 heterocycles. The van der Waals surface area contributed by atoms with Gasteiger partial charge in [0.05, 0.1) is 0 Å². The molecule has 0 bridgehead atoms. The summed E-state index contributed by atoms with van der Waals surface area (Å²) < 4.78 is 0. The van der Waals surface area contributed by atoms with E-state index >= 15 is 0 Å². The Morgan fingerprint density at radius 3 is 2.56 bits per heavy atom. The number of carbonyl (C=O) groups excluding carboxylic acids is 1. The molecule has 1 aliphatic heterocycles. The third-order valence-corrected chi connectivity index (χ3v) is 7.15. The van der Waals surface area contributed by atoms with Crippen molar-refractivity contribution < 1.29 is 9.90 Å². The predicted molar refractivity (Wildman–Crippen MR) is 105 cm³/mol. The maximum absolute atomic E-state index is 13.3. The number of piperidine rings is 1. The van der Waals surface area contributed by atoms with Gasteiger partial charge in [-0.05, 0) is 50.3 Å². The Kier molecular flexibility index (Phi) is 6.59. The smallest absolute Gasteiger partial charge is 0.225 e. The third kappa shape index (κ3) is 4.29. The zero-order valence-electron chi connectivity index (χ0n) is 15.3. The van der Waals surface area contributed by atoms with Crippen molar-refractivity contribution in [1.29, 1.82) is 0 Å². The second-order valence-corrected chi connectivity index (χ2v) is 8.80. The van der Waals surface area contributed by atoms with E-state index in [-0.39, 0.29) is 11.0 Å². The highest BCUT2D eigenvalue weighted by Gasteiger charge is 2.46. The van der Waals surface area contributed by atoms with E-state index in [1.54, 1.807) is 0 Å². The summed E-state index contributed by atoms with van der Waals surface area (Å²) in [6, 6.07) is 9.66. The van der Waals surface area contributed by atoms with Crippen molar-refractivity contribution in [2.24, 2.45) is 5.92 Å². The monoisotopic (exact) mass is 361 g/mol. The van der Waals surface area contributed by atoms with Crippen LogP contribution in [-0.4, -0.2) is 40.0 Å². The number of aliphatic hydroxyl groups is 1. The van der Waals surface area contributed by atoms with Crippen molar-refractivity contribution >= 4 is 16.9 Å². The molecule has 4 heteroatoms. The SMILES string of the molecule is CCN1CCCC(SC(=O)C(O)(c2ccccc2)C2CCCCC2)C1. The summed E-state index contributed by atoms with van der Waals surface area (Å²) in [5.41, 5.74) is -0.552. The van der Waals surface area contributed by atoms with Crippen molar-refractivity contribution in [1.82, 2.24) is 4.90 Å². The van der Waals surface area contributed by atoms with E-state index in [4.69, 9.17) is 0 Å². The first kappa shape index (κ1) is 18.9. The summed E-state index contributed by atoms with van der Waals surface area (Å²) in [6.45, 7) is 5.31. The second-order valence-electron chi connectivity index (χ2n) is 7.53. The number of benzene rings is 1. The van der Waals surface area contributed by atoms with Crippen molar-refractivity contribution in [3.05, 3.63) is 35.9 Å². The van der Waals surface area contributed by atoms with E-state index in [0.717, 1.165) is 63.7 Å². The van der Waals surface area contributed by atoms with Crippen molar-refractivity contribution in [2.45, 2.75) is 62.7 Å². The Morgan fingerprint density at radius 1 is 1.16 bits per heavy atom. The van der Waals surface area contributed by atoms with E-state index in [1.165, 1.54) is 18.2 Å². The van der Waals surface area contributed by atoms with Gasteiger partial charge in [0.15, 0.2) is 5.60 Å². The van der Waals surface area contributed by atoms with Crippen LogP contribution in [0.3, 0.4) is 0 Å². The van der Waals surface area contributed by atoms with Crippen LogP contribution in [0.25, 0.3) is 0 Å². The van der Waals surface area contributed by atoms with Gasteiger partial charge in [0.25, 0.3) is 0 Å². The first-order valence-electron chi connectivity index (χ1n) is 9.86. The van der Waals surface area contributed by atoms with E-state index < -0.39 is 5.60 Å². The van der Waals surface area contributed by atoms with Gasteiger partial charge in [-0.3, -0.25) is 4.79 Å². The summed E-state index contributed by atoms with van der Waals surface area (Å²) in [4.78, 5) is 15.7. The van der Waals surface area contributed by atoms with Gasteiger partial charge in [-0.25, -0.2) is 0 Å². The molecule has 0 amide bonds. The lowest BCUT2D eigenvalue weighted by molar-refractivity contribution is -0.136. The number of rotatable bonds is 5. The molecule has 2 atom stereocenters. The van der Waals surface area contributed by atoms with Gasteiger partial charge in [0.2, 0.25) is 5.12 Å². The molecule has 0 aromatic heterocycles. The molecule has 1 saturated heterocycles. The summed E-state index contributed by atoms with van der Waals surface area (Å²) >= 11 is 1.40. The van der Waals surface area contributed by atoms with Crippen LogP contribution in [0.4, 0.5) is 0 Å². The zero-order chi connectivity index (χ0) is 17.7. The van der Waals surface area contributed by atoms with Crippen molar-refractivity contribution in [3.8, 4) is 0 Å². The Labute approximate surface area is 156 Å². The van der Waals surface area contributed by atoms with Crippen LogP contribution in [-0.2, 0) is 10.4 Å². The van der Waals surface area contributed by atoms with Gasteiger partial charge in [-0.15, -0.1) is 0 Å². The largest absolute Gasteiger partial charge is 0.376 e. The van der Waals surface area contributed by atoms with Crippen molar-refractivity contribution in [2.75, 3.05) is 19.6 Å². The molecule has 3 nitrogen and oxygen atoms in total. The first-order valence-corrected chi connectivity index (χ1v) is 10.7. The standard InChI is InChI=1S/C21H31NO2S/c1-2-22-15-9-14-19(16-22)25-20(23)21(24,17-10-5-3-6-11-17)18-12-7-4-8-13-18/h3,5-6,10-11,18-19,24H,2,4,7-9,12-16H2,1H3. The van der Waals surface area contributed by atoms with E-state index in [1.807, 2.05) is 30.3 Å². The Morgan fingerprint density at radius 2 is 1.88 bits per heavy atom. The summed E-state index contributed by atoms with van der Waals surface area (Å²) in [7, 11) is 0. The van der Waals surface area contributed by atoms with Gasteiger partial charge in [-0.1, -0.05) is 68.3 Å². The van der Waals surface area contributed by atoms with E-state index in [2.05, 4.69) is 11.8 Å². The quantitative estimate of drug-likeness (QED) is 0.853. The number of thioether (sulfide) groups is 1. The molecule has 25 heavy (non-hydrogen) atoms. The van der Waals surface area contributed by atoms with E-state index in [9.17, 15) is 9.90 Å². The number of hydrogen-bond donors (Lipinski definition) is 1. The van der Waals surface area contributed by atoms with Crippen LogP contribution < -0.4 is 0 Å². The van der Waals surface area contributed by atoms with Crippen LogP contribution in [0, 0.1) is 5.92 Å². The number of carbonyl (C=O) groups is 1. The highest BCUT2D eigenvalue weighted by Crippen LogP contribution is 2.43. The number of hydrogen-bond acceptors (Lipinski definition) is 4. The van der Waals surface area contributed by atoms with Crippen LogP contribution in [0.15, 0.2) is 30.3 Å². The Bertz CT molecular complexity index is 558. The third-order valence-electron chi connectivity index (χ3n) is 5.90. The maximum atomic E-state index is 13.3. The Hall–Kier alpha value is -0.840. The second kappa shape index (κ2) is 8.70. The zero-order valence-corrected chi connectivity index (χ0v) is 16.1. The average Bonchev–Trinajstić information content (AvgIpc) is 2.68. The molecular weight excluding hydrogens is 330 g/mol. The minimum Gasteiger partial charge on any atom is -0.376 e. The van der Waals surface area contributed by atoms with Crippen LogP contribution in [0.2, 0.25) is 0 Å². The number of nitrogens with zero attached hydrogens (tertiary/aromatic N) is 1. The molecule has 1 N–H and O–H groups in total. The number of likely N-dealkylation sites (tertiary alicyclic amines) is 1. The van der Waals surface area contributed by atoms with Crippen LogP contribution >= 0.6 is 11.8 Å². The van der Waals surface area contributed by atoms with Gasteiger partial charge in [0.1, 0.15) is 0 Å². The molecule has 1 aromatic carbocycles. The maximum Gasteiger partial charge on any atom is 0.225 e. The fourth-order valence-electron chi connectivity index (χ4n) is 4.37. The molecule has 0 spiro atoms. The molecule has 1 aliphatic carbocycles. The molecule has 2 fully saturated rings. The molecular formula is C21H31NO2S. The van der Waals surface area contributed by atoms with Crippen molar-refractivity contribution in [3.63, 3.8) is 0 Å². The molecule has 2 unspecified atom stereocenters. The summed E-state index contributed by atoms with van der Waals surface area (Å²) in [5.74, 6) is 0.0505. The first-order chi connectivity index (χ1) is 12.1. The summed E-state index contributed by atoms with van der Waals surface area (Å²) in [6.07, 6.45) is 7.56. The van der Waals surface area contributed by atoms with Gasteiger partial charge in [0, 0.05) is 11.8 Å². The molecule has 1 aromatic rings. The topological polar surface area (TPSA) is 40.5 Å². The molecule has 2 aliphatic rings. The molecule has 1 saturated carbocycles. The highest BCUT2D eigenvalue weighted by atomic mass is 32.2. The predicted octanol–water partition coefficient (Wildman–Crippen LogP) is 4.20. The minimum atomic E-state index is -1.33. The van der Waals surface area contributed by atoms with Gasteiger partial charge < -0.3 is 10.0 Å². The Balaban J connectivity index is 1.80. The van der Waals surface area contributed by atoms with Gasteiger partial charge >= 0.3 is 0 Å². The highest BCUT2D eigenvalue weighted by molar-refractivity contribution is 8.14. The van der Waals surface area contributed by atoms with Gasteiger partial charge in [-0.2, -0.15) is 0 Å². The molecule has 138 valence electrons. The molecule has 0 radical (unpaired) electrons.